The average Bonchev–Trinajstić information content (AvgIpc) is 3.34. The standard InChI is InChI=1S/C20H16N2O4S2/c1-2-28(24,25)18-10-6-4-8-14(18)19(23)22-20-21-15(12-27-20)17-11-13-7-3-5-9-16(13)26-17/h3-12H,2H2,1H3,(H,21,22,23). The number of nitrogens with one attached hydrogen (secondary N) is 1. The van der Waals surface area contributed by atoms with E-state index < -0.39 is 15.7 Å². The number of para-hydroxylation sites is 1. The molecule has 2 heterocycles. The van der Waals surface area contributed by atoms with Crippen molar-refractivity contribution >= 4 is 43.2 Å². The van der Waals surface area contributed by atoms with Crippen molar-refractivity contribution in [3.63, 3.8) is 0 Å². The third-order valence-electron chi connectivity index (χ3n) is 4.25. The largest absolute Gasteiger partial charge is 0.454 e. The highest BCUT2D eigenvalue weighted by atomic mass is 32.2. The lowest BCUT2D eigenvalue weighted by molar-refractivity contribution is 0.102. The minimum Gasteiger partial charge on any atom is -0.454 e. The number of rotatable bonds is 5. The summed E-state index contributed by atoms with van der Waals surface area (Å²) in [5.41, 5.74) is 1.46. The highest BCUT2D eigenvalue weighted by Gasteiger charge is 2.21. The second-order valence-electron chi connectivity index (χ2n) is 6.04. The summed E-state index contributed by atoms with van der Waals surface area (Å²) < 4.78 is 30.3. The summed E-state index contributed by atoms with van der Waals surface area (Å²) >= 11 is 1.24. The minimum atomic E-state index is -3.51. The topological polar surface area (TPSA) is 89.3 Å². The Balaban J connectivity index is 1.60. The third-order valence-corrected chi connectivity index (χ3v) is 6.79. The summed E-state index contributed by atoms with van der Waals surface area (Å²) in [6.07, 6.45) is 0. The van der Waals surface area contributed by atoms with E-state index in [1.807, 2.05) is 30.3 Å². The highest BCUT2D eigenvalue weighted by Crippen LogP contribution is 2.30. The van der Waals surface area contributed by atoms with E-state index in [0.29, 0.717) is 16.6 Å². The number of fused-ring (bicyclic) bond motifs is 1. The molecule has 0 spiro atoms. The molecule has 6 nitrogen and oxygen atoms in total. The van der Waals surface area contributed by atoms with Gasteiger partial charge in [0.15, 0.2) is 20.7 Å². The number of anilines is 1. The number of nitrogens with zero attached hydrogens (tertiary/aromatic N) is 1. The van der Waals surface area contributed by atoms with Crippen LogP contribution in [0.3, 0.4) is 0 Å². The summed E-state index contributed by atoms with van der Waals surface area (Å²) in [5, 5.41) is 5.79. The van der Waals surface area contributed by atoms with Crippen molar-refractivity contribution in [3.05, 3.63) is 65.5 Å². The highest BCUT2D eigenvalue weighted by molar-refractivity contribution is 7.91. The molecule has 0 aliphatic carbocycles. The molecular formula is C20H16N2O4S2. The first kappa shape index (κ1) is 18.4. The van der Waals surface area contributed by atoms with Crippen molar-refractivity contribution in [2.24, 2.45) is 0 Å². The fourth-order valence-electron chi connectivity index (χ4n) is 2.80. The van der Waals surface area contributed by atoms with Crippen molar-refractivity contribution in [3.8, 4) is 11.5 Å². The molecule has 0 radical (unpaired) electrons. The Morgan fingerprint density at radius 1 is 1.14 bits per heavy atom. The molecule has 0 aliphatic heterocycles. The fraction of sp³-hybridized carbons (Fsp3) is 0.100. The van der Waals surface area contributed by atoms with Crippen LogP contribution in [0.5, 0.6) is 0 Å². The fourth-order valence-corrected chi connectivity index (χ4v) is 4.59. The molecule has 8 heteroatoms. The second-order valence-corrected chi connectivity index (χ2v) is 9.14. The molecule has 0 aliphatic rings. The van der Waals surface area contributed by atoms with Crippen molar-refractivity contribution in [1.82, 2.24) is 4.98 Å². The lowest BCUT2D eigenvalue weighted by Gasteiger charge is -2.08. The summed E-state index contributed by atoms with van der Waals surface area (Å²) in [4.78, 5) is 17.1. The maximum Gasteiger partial charge on any atom is 0.258 e. The summed E-state index contributed by atoms with van der Waals surface area (Å²) in [5.74, 6) is 0.00938. The Morgan fingerprint density at radius 3 is 2.68 bits per heavy atom. The zero-order chi connectivity index (χ0) is 19.7. The van der Waals surface area contributed by atoms with Crippen molar-refractivity contribution in [2.45, 2.75) is 11.8 Å². The molecule has 28 heavy (non-hydrogen) atoms. The van der Waals surface area contributed by atoms with Gasteiger partial charge < -0.3 is 4.42 Å². The van der Waals surface area contributed by atoms with Gasteiger partial charge >= 0.3 is 0 Å². The number of hydrogen-bond donors (Lipinski definition) is 1. The van der Waals surface area contributed by atoms with Gasteiger partial charge in [0.25, 0.3) is 5.91 Å². The van der Waals surface area contributed by atoms with Gasteiger partial charge in [0.2, 0.25) is 0 Å². The normalized spacial score (nSPS) is 11.6. The van der Waals surface area contributed by atoms with E-state index in [1.165, 1.54) is 23.5 Å². The number of thiazole rings is 1. The quantitative estimate of drug-likeness (QED) is 0.517. The number of sulfone groups is 1. The van der Waals surface area contributed by atoms with Crippen molar-refractivity contribution in [1.29, 1.82) is 0 Å². The Morgan fingerprint density at radius 2 is 1.89 bits per heavy atom. The van der Waals surface area contributed by atoms with Gasteiger partial charge in [-0.1, -0.05) is 37.3 Å². The average molecular weight is 412 g/mol. The van der Waals surface area contributed by atoms with Crippen LogP contribution in [-0.2, 0) is 9.84 Å². The molecule has 0 saturated carbocycles. The Bertz CT molecular complexity index is 1240. The van der Waals surface area contributed by atoms with Gasteiger partial charge in [-0.2, -0.15) is 0 Å². The van der Waals surface area contributed by atoms with Crippen LogP contribution in [0, 0.1) is 0 Å². The van der Waals surface area contributed by atoms with Crippen LogP contribution in [-0.4, -0.2) is 25.1 Å². The minimum absolute atomic E-state index is 0.0177. The number of amides is 1. The number of furan rings is 1. The molecule has 1 amide bonds. The second kappa shape index (κ2) is 7.21. The van der Waals surface area contributed by atoms with Gasteiger partial charge in [0.05, 0.1) is 16.2 Å². The van der Waals surface area contributed by atoms with Crippen LogP contribution < -0.4 is 5.32 Å². The zero-order valence-corrected chi connectivity index (χ0v) is 16.5. The van der Waals surface area contributed by atoms with Gasteiger partial charge in [0.1, 0.15) is 11.3 Å². The number of carbonyl (C=O) groups excluding carboxylic acids is 1. The van der Waals surface area contributed by atoms with Gasteiger partial charge in [-0.15, -0.1) is 11.3 Å². The molecule has 4 aromatic rings. The van der Waals surface area contributed by atoms with Crippen LogP contribution in [0.1, 0.15) is 17.3 Å². The van der Waals surface area contributed by atoms with E-state index >= 15 is 0 Å². The molecule has 0 atom stereocenters. The molecule has 0 fully saturated rings. The first-order valence-electron chi connectivity index (χ1n) is 8.55. The zero-order valence-electron chi connectivity index (χ0n) is 14.9. The SMILES string of the molecule is CCS(=O)(=O)c1ccccc1C(=O)Nc1nc(-c2cc3ccccc3o2)cs1. The summed E-state index contributed by atoms with van der Waals surface area (Å²) in [6, 6.07) is 15.7. The van der Waals surface area contributed by atoms with Crippen LogP contribution in [0.25, 0.3) is 22.4 Å². The molecule has 4 rings (SSSR count). The Kier molecular flexibility index (Phi) is 4.74. The van der Waals surface area contributed by atoms with E-state index in [-0.39, 0.29) is 16.2 Å². The van der Waals surface area contributed by atoms with E-state index in [0.717, 1.165) is 11.0 Å². The van der Waals surface area contributed by atoms with Crippen LogP contribution in [0.15, 0.2) is 69.3 Å². The van der Waals surface area contributed by atoms with Gasteiger partial charge in [-0.3, -0.25) is 10.1 Å². The summed E-state index contributed by atoms with van der Waals surface area (Å²) in [7, 11) is -3.51. The molecule has 142 valence electrons. The van der Waals surface area contributed by atoms with Gasteiger partial charge in [-0.05, 0) is 24.3 Å². The first-order chi connectivity index (χ1) is 13.5. The lowest BCUT2D eigenvalue weighted by atomic mass is 10.2. The first-order valence-corrected chi connectivity index (χ1v) is 11.1. The van der Waals surface area contributed by atoms with Crippen molar-refractivity contribution in [2.75, 3.05) is 11.1 Å². The van der Waals surface area contributed by atoms with Crippen LogP contribution >= 0.6 is 11.3 Å². The van der Waals surface area contributed by atoms with Crippen LogP contribution in [0.4, 0.5) is 5.13 Å². The number of hydrogen-bond acceptors (Lipinski definition) is 6. The van der Waals surface area contributed by atoms with Gasteiger partial charge in [-0.25, -0.2) is 13.4 Å². The van der Waals surface area contributed by atoms with E-state index in [1.54, 1.807) is 24.4 Å². The van der Waals surface area contributed by atoms with Gasteiger partial charge in [0, 0.05) is 10.8 Å². The molecule has 2 aromatic carbocycles. The number of carbonyl (C=O) groups is 1. The molecular weight excluding hydrogens is 396 g/mol. The maximum atomic E-state index is 12.7. The van der Waals surface area contributed by atoms with E-state index in [4.69, 9.17) is 4.42 Å². The maximum absolute atomic E-state index is 12.7. The molecule has 1 N–H and O–H groups in total. The third kappa shape index (κ3) is 3.44. The molecule has 0 bridgehead atoms. The summed E-state index contributed by atoms with van der Waals surface area (Å²) in [6.45, 7) is 1.55. The Labute approximate surface area is 165 Å². The number of benzene rings is 2. The van der Waals surface area contributed by atoms with Crippen LogP contribution in [0.2, 0.25) is 0 Å². The molecule has 2 aromatic heterocycles. The monoisotopic (exact) mass is 412 g/mol. The predicted molar refractivity (Wildman–Crippen MR) is 109 cm³/mol. The molecule has 0 unspecified atom stereocenters. The smallest absolute Gasteiger partial charge is 0.258 e. The lowest BCUT2D eigenvalue weighted by Crippen LogP contribution is -2.17. The van der Waals surface area contributed by atoms with E-state index in [2.05, 4.69) is 10.3 Å². The van der Waals surface area contributed by atoms with Crippen molar-refractivity contribution < 1.29 is 17.6 Å². The Hall–Kier alpha value is -2.97. The molecule has 0 saturated heterocycles. The predicted octanol–water partition coefficient (Wildman–Crippen LogP) is 4.60. The number of aromatic nitrogens is 1. The van der Waals surface area contributed by atoms with E-state index in [9.17, 15) is 13.2 Å².